The molecule has 6 unspecified atom stereocenters. The molecule has 0 saturated heterocycles. The zero-order chi connectivity index (χ0) is 37.5. The third kappa shape index (κ3) is 5.63. The summed E-state index contributed by atoms with van der Waals surface area (Å²) in [4.78, 5) is 10.5. The Morgan fingerprint density at radius 1 is 0.800 bits per heavy atom. The van der Waals surface area contributed by atoms with Crippen LogP contribution in [-0.2, 0) is 5.41 Å². The van der Waals surface area contributed by atoms with E-state index in [1.165, 1.54) is 55.2 Å². The van der Waals surface area contributed by atoms with Crippen LogP contribution in [0.5, 0.6) is 0 Å². The average Bonchev–Trinajstić information content (AvgIpc) is 3.60. The Hall–Kier alpha value is -4.89. The summed E-state index contributed by atoms with van der Waals surface area (Å²) in [6.07, 6.45) is 25.1. The standard InChI is InChI=1S/C52H54N3/c1-51(2)44-17-11-9-15-40(44)42-29-27-38(31-46(42)51)33-19-23-35(24-20-33)48-53-49(36-13-7-6-8-14-36)55(5)50(54-48)37-25-21-34(22-26-37)39-28-30-43-41-16-10-12-18-45(41)52(3,4)47(43)32-39/h6-8,10-14,16-19,21-27,32-33,39,42-43,46,49H,5,9,15,20,28-31H2,1-4H3/q+1. The van der Waals surface area contributed by atoms with Gasteiger partial charge in [-0.25, -0.2) is 4.58 Å². The van der Waals surface area contributed by atoms with E-state index in [9.17, 15) is 0 Å². The van der Waals surface area contributed by atoms with Crippen LogP contribution in [0.15, 0.2) is 159 Å². The smallest absolute Gasteiger partial charge is 0.210 e. The highest BCUT2D eigenvalue weighted by atomic mass is 15.2. The van der Waals surface area contributed by atoms with Gasteiger partial charge < -0.3 is 0 Å². The molecule has 0 amide bonds. The zero-order valence-corrected chi connectivity index (χ0v) is 33.0. The second-order valence-corrected chi connectivity index (χ2v) is 18.2. The molecule has 1 heterocycles. The van der Waals surface area contributed by atoms with E-state index >= 15 is 0 Å². The molecule has 3 heteroatoms. The van der Waals surface area contributed by atoms with Crippen molar-refractivity contribution in [2.24, 2.45) is 33.2 Å². The van der Waals surface area contributed by atoms with Gasteiger partial charge in [0.15, 0.2) is 0 Å². The minimum absolute atomic E-state index is 0.0770. The van der Waals surface area contributed by atoms with Crippen LogP contribution in [0.3, 0.4) is 0 Å². The maximum atomic E-state index is 5.27. The fraction of sp³-hybridized carbons (Fsp3) is 0.365. The van der Waals surface area contributed by atoms with Gasteiger partial charge in [-0.1, -0.05) is 154 Å². The number of fused-ring (bicyclic) bond motifs is 5. The van der Waals surface area contributed by atoms with E-state index in [0.717, 1.165) is 40.7 Å². The van der Waals surface area contributed by atoms with Gasteiger partial charge in [-0.3, -0.25) is 0 Å². The normalized spacial score (nSPS) is 30.0. The van der Waals surface area contributed by atoms with Crippen LogP contribution in [0, 0.1) is 23.2 Å². The largest absolute Gasteiger partial charge is 0.334 e. The van der Waals surface area contributed by atoms with Crippen molar-refractivity contribution in [2.45, 2.75) is 96.1 Å². The van der Waals surface area contributed by atoms with Gasteiger partial charge in [-0.05, 0) is 102 Å². The summed E-state index contributed by atoms with van der Waals surface area (Å²) in [6.45, 7) is 14.4. The SMILES string of the molecule is C=[N+]1C(c2ccc(C3C=C4C(CC3)c3ccccc3C4(C)C)cc2)=NC(C2=CCC(C3=CCC4C5=C(C=CCC5)C(C)(C)C4C3)C=C2)=NC1c1ccccc1. The predicted octanol–water partition coefficient (Wildman–Crippen LogP) is 12.3. The summed E-state index contributed by atoms with van der Waals surface area (Å²) in [6, 6.07) is 28.8. The Balaban J connectivity index is 0.907. The van der Waals surface area contributed by atoms with Crippen LogP contribution >= 0.6 is 0 Å². The van der Waals surface area contributed by atoms with Crippen molar-refractivity contribution in [1.29, 1.82) is 0 Å². The molecule has 0 saturated carbocycles. The molecule has 6 aliphatic carbocycles. The molecule has 6 atom stereocenters. The Morgan fingerprint density at radius 2 is 1.60 bits per heavy atom. The molecule has 3 nitrogen and oxygen atoms in total. The Morgan fingerprint density at radius 3 is 2.40 bits per heavy atom. The molecule has 0 spiro atoms. The predicted molar refractivity (Wildman–Crippen MR) is 228 cm³/mol. The molecule has 0 N–H and O–H groups in total. The van der Waals surface area contributed by atoms with Crippen molar-refractivity contribution in [1.82, 2.24) is 0 Å². The fourth-order valence-corrected chi connectivity index (χ4v) is 11.6. The summed E-state index contributed by atoms with van der Waals surface area (Å²) in [5.74, 6) is 4.50. The maximum absolute atomic E-state index is 5.27. The van der Waals surface area contributed by atoms with Crippen molar-refractivity contribution in [2.75, 3.05) is 0 Å². The minimum Gasteiger partial charge on any atom is -0.210 e. The highest BCUT2D eigenvalue weighted by Crippen LogP contribution is 2.59. The van der Waals surface area contributed by atoms with Crippen LogP contribution in [-0.4, -0.2) is 23.0 Å². The lowest BCUT2D eigenvalue weighted by atomic mass is 9.66. The highest BCUT2D eigenvalue weighted by molar-refractivity contribution is 6.11. The summed E-state index contributed by atoms with van der Waals surface area (Å²) in [7, 11) is 0. The molecular formula is C52H54N3+. The highest BCUT2D eigenvalue weighted by Gasteiger charge is 2.48. The van der Waals surface area contributed by atoms with Gasteiger partial charge in [0.2, 0.25) is 6.17 Å². The molecule has 3 aromatic carbocycles. The number of allylic oxidation sites excluding steroid dienone is 10. The van der Waals surface area contributed by atoms with Crippen molar-refractivity contribution in [3.05, 3.63) is 177 Å². The van der Waals surface area contributed by atoms with E-state index in [1.54, 1.807) is 22.3 Å². The Labute approximate surface area is 328 Å². The molecule has 0 bridgehead atoms. The number of benzene rings is 3. The second kappa shape index (κ2) is 13.1. The average molecular weight is 721 g/mol. The third-order valence-corrected chi connectivity index (χ3v) is 14.7. The lowest BCUT2D eigenvalue weighted by Crippen LogP contribution is -2.31. The van der Waals surface area contributed by atoms with Crippen LogP contribution < -0.4 is 0 Å². The number of amidine groups is 2. The van der Waals surface area contributed by atoms with E-state index in [0.29, 0.717) is 23.7 Å². The first-order chi connectivity index (χ1) is 26.7. The van der Waals surface area contributed by atoms with Gasteiger partial charge in [0, 0.05) is 34.3 Å². The molecule has 10 rings (SSSR count). The Bertz CT molecular complexity index is 2330. The van der Waals surface area contributed by atoms with Crippen molar-refractivity contribution in [3.63, 3.8) is 0 Å². The van der Waals surface area contributed by atoms with Gasteiger partial charge in [0.05, 0.1) is 12.3 Å². The first-order valence-electron chi connectivity index (χ1n) is 20.9. The van der Waals surface area contributed by atoms with Gasteiger partial charge in [-0.15, -0.1) is 0 Å². The first kappa shape index (κ1) is 34.6. The molecule has 55 heavy (non-hydrogen) atoms. The summed E-state index contributed by atoms with van der Waals surface area (Å²) >= 11 is 0. The number of hydrogen-bond acceptors (Lipinski definition) is 2. The van der Waals surface area contributed by atoms with Crippen LogP contribution in [0.1, 0.15) is 118 Å². The van der Waals surface area contributed by atoms with Crippen molar-refractivity contribution < 1.29 is 4.58 Å². The van der Waals surface area contributed by atoms with Crippen LogP contribution in [0.2, 0.25) is 0 Å². The minimum atomic E-state index is -0.253. The van der Waals surface area contributed by atoms with Crippen LogP contribution in [0.4, 0.5) is 0 Å². The summed E-state index contributed by atoms with van der Waals surface area (Å²) < 4.78 is 2.00. The summed E-state index contributed by atoms with van der Waals surface area (Å²) in [5, 5.41) is 0. The Kier molecular flexibility index (Phi) is 8.25. The summed E-state index contributed by atoms with van der Waals surface area (Å²) in [5.41, 5.74) is 14.7. The second-order valence-electron chi connectivity index (χ2n) is 18.2. The number of nitrogens with zero attached hydrogens (tertiary/aromatic N) is 3. The number of hydrogen-bond donors (Lipinski definition) is 0. The number of aliphatic imine (C=N–C) groups is 2. The zero-order valence-electron chi connectivity index (χ0n) is 33.0. The fourth-order valence-electron chi connectivity index (χ4n) is 11.6. The molecule has 7 aliphatic rings. The molecule has 0 fully saturated rings. The van der Waals surface area contributed by atoms with E-state index in [4.69, 9.17) is 9.98 Å². The quantitative estimate of drug-likeness (QED) is 0.185. The van der Waals surface area contributed by atoms with E-state index in [2.05, 4.69) is 156 Å². The maximum Gasteiger partial charge on any atom is 0.334 e. The van der Waals surface area contributed by atoms with Gasteiger partial charge in [-0.2, -0.15) is 4.99 Å². The lowest BCUT2D eigenvalue weighted by molar-refractivity contribution is -0.451. The van der Waals surface area contributed by atoms with E-state index in [-0.39, 0.29) is 17.0 Å². The van der Waals surface area contributed by atoms with E-state index < -0.39 is 0 Å². The molecule has 0 radical (unpaired) electrons. The monoisotopic (exact) mass is 720 g/mol. The third-order valence-electron chi connectivity index (χ3n) is 14.7. The van der Waals surface area contributed by atoms with E-state index in [1.807, 2.05) is 4.58 Å². The number of rotatable bonds is 5. The van der Waals surface area contributed by atoms with Crippen molar-refractivity contribution >= 4 is 18.4 Å². The van der Waals surface area contributed by atoms with Gasteiger partial charge in [0.25, 0.3) is 5.84 Å². The lowest BCUT2D eigenvalue weighted by Gasteiger charge is -2.38. The first-order valence-corrected chi connectivity index (χ1v) is 20.9. The van der Waals surface area contributed by atoms with Gasteiger partial charge in [0.1, 0.15) is 0 Å². The van der Waals surface area contributed by atoms with Gasteiger partial charge >= 0.3 is 5.84 Å². The topological polar surface area (TPSA) is 27.7 Å². The molecule has 0 aromatic heterocycles. The van der Waals surface area contributed by atoms with Crippen LogP contribution in [0.25, 0.3) is 0 Å². The molecule has 276 valence electrons. The molecule has 1 aliphatic heterocycles. The molecule has 3 aromatic rings. The van der Waals surface area contributed by atoms with Crippen molar-refractivity contribution in [3.8, 4) is 0 Å². The molecular weight excluding hydrogens is 667 g/mol.